The van der Waals surface area contributed by atoms with Gasteiger partial charge in [-0.1, -0.05) is 0 Å². The maximum atomic E-state index is 8.74. The fraction of sp³-hybridized carbons (Fsp3) is 0. The molecule has 4 nitrogen and oxygen atoms in total. The molecule has 0 bridgehead atoms. The molecular formula is H3CuKO4S. The summed E-state index contributed by atoms with van der Waals surface area (Å²) in [6.07, 6.45) is 0. The van der Waals surface area contributed by atoms with Crippen LogP contribution in [0.4, 0.5) is 0 Å². The van der Waals surface area contributed by atoms with Gasteiger partial charge in [0.25, 0.3) is 0 Å². The molecule has 0 spiro atoms. The molecular weight excluding hydrogens is 199 g/mol. The van der Waals surface area contributed by atoms with E-state index >= 15 is 0 Å². The summed E-state index contributed by atoms with van der Waals surface area (Å²) in [6.45, 7) is 0. The van der Waals surface area contributed by atoms with Gasteiger partial charge in [0.15, 0.2) is 0 Å². The molecule has 45 valence electrons. The van der Waals surface area contributed by atoms with Gasteiger partial charge in [0.1, 0.15) is 0 Å². The van der Waals surface area contributed by atoms with E-state index in [2.05, 4.69) is 0 Å². The van der Waals surface area contributed by atoms with Gasteiger partial charge in [0.05, 0.1) is 0 Å². The van der Waals surface area contributed by atoms with Crippen molar-refractivity contribution < 1.29 is 87.4 Å². The molecule has 0 fully saturated rings. The first-order chi connectivity index (χ1) is 2.00. The van der Waals surface area contributed by atoms with E-state index < -0.39 is 10.4 Å². The molecule has 0 aliphatic heterocycles. The van der Waals surface area contributed by atoms with Crippen molar-refractivity contribution in [2.45, 2.75) is 0 Å². The van der Waals surface area contributed by atoms with Gasteiger partial charge in [0.2, 0.25) is 0 Å². The molecule has 7 heavy (non-hydrogen) atoms. The molecule has 0 aromatic rings. The Bertz CT molecular complexity index is 99.2. The zero-order chi connectivity index (χ0) is 4.50. The Kier molecular flexibility index (Phi) is 14.1. The Hall–Kier alpha value is 2.03. The minimum atomic E-state index is -4.67. The Balaban J connectivity index is -0.0000000267. The van der Waals surface area contributed by atoms with Crippen molar-refractivity contribution in [3.05, 3.63) is 0 Å². The zero-order valence-electron chi connectivity index (χ0n) is 4.42. The van der Waals surface area contributed by atoms with E-state index in [0.717, 1.165) is 0 Å². The molecule has 0 heterocycles. The third-order valence-electron chi connectivity index (χ3n) is 0. The molecule has 0 atom stereocenters. The van der Waals surface area contributed by atoms with E-state index in [1.165, 1.54) is 0 Å². The Morgan fingerprint density at radius 1 is 1.29 bits per heavy atom. The van der Waals surface area contributed by atoms with Crippen LogP contribution in [-0.2, 0) is 27.5 Å². The first kappa shape index (κ1) is 16.0. The third-order valence-corrected chi connectivity index (χ3v) is 0. The predicted octanol–water partition coefficient (Wildman–Crippen LogP) is -3.54. The summed E-state index contributed by atoms with van der Waals surface area (Å²) >= 11 is 0. The number of hydrogen-bond acceptors (Lipinski definition) is 2. The van der Waals surface area contributed by atoms with E-state index in [1.54, 1.807) is 0 Å². The zero-order valence-corrected chi connectivity index (χ0v) is 8.30. The second kappa shape index (κ2) is 6.15. The van der Waals surface area contributed by atoms with E-state index in [9.17, 15) is 0 Å². The van der Waals surface area contributed by atoms with Crippen molar-refractivity contribution >= 4 is 10.4 Å². The second-order valence-electron chi connectivity index (χ2n) is 0.448. The minimum Gasteiger partial charge on any atom is -1.00 e. The number of rotatable bonds is 0. The standard InChI is InChI=1S/Cu.K.H2O4S.H/c;;1-5(2,3)4;/h;;(H2,1,2,3,4);/q;+1;;-1. The quantitative estimate of drug-likeness (QED) is 0.315. The minimum absolute atomic E-state index is 0. The maximum Gasteiger partial charge on any atom is 1.00 e. The largest absolute Gasteiger partial charge is 1.00 e. The number of hydrogen-bond donors (Lipinski definition) is 2. The van der Waals surface area contributed by atoms with Crippen LogP contribution in [-0.4, -0.2) is 17.5 Å². The van der Waals surface area contributed by atoms with Crippen molar-refractivity contribution in [3.63, 3.8) is 0 Å². The molecule has 0 aliphatic rings. The summed E-state index contributed by atoms with van der Waals surface area (Å²) in [5, 5.41) is 0. The fourth-order valence-electron chi connectivity index (χ4n) is 0. The first-order valence-electron chi connectivity index (χ1n) is 0.698. The van der Waals surface area contributed by atoms with E-state index in [-0.39, 0.29) is 69.9 Å². The molecule has 0 aromatic heterocycles. The normalized spacial score (nSPS) is 8.29. The van der Waals surface area contributed by atoms with Crippen LogP contribution in [0.15, 0.2) is 0 Å². The molecule has 7 heteroatoms. The van der Waals surface area contributed by atoms with Crippen molar-refractivity contribution in [1.82, 2.24) is 0 Å². The summed E-state index contributed by atoms with van der Waals surface area (Å²) < 4.78 is 31.6. The van der Waals surface area contributed by atoms with E-state index in [1.807, 2.05) is 0 Å². The summed E-state index contributed by atoms with van der Waals surface area (Å²) in [4.78, 5) is 0. The van der Waals surface area contributed by atoms with Gasteiger partial charge >= 0.3 is 61.8 Å². The van der Waals surface area contributed by atoms with Crippen molar-refractivity contribution in [2.75, 3.05) is 0 Å². The van der Waals surface area contributed by atoms with Gasteiger partial charge in [-0.15, -0.1) is 0 Å². The smallest absolute Gasteiger partial charge is 1.00 e. The van der Waals surface area contributed by atoms with Crippen LogP contribution in [0.2, 0.25) is 0 Å². The third kappa shape index (κ3) is 71.0. The molecule has 0 unspecified atom stereocenters. The Morgan fingerprint density at radius 3 is 1.29 bits per heavy atom. The van der Waals surface area contributed by atoms with Gasteiger partial charge in [-0.05, 0) is 0 Å². The first-order valence-corrected chi connectivity index (χ1v) is 2.10. The summed E-state index contributed by atoms with van der Waals surface area (Å²) in [5.41, 5.74) is 0. The van der Waals surface area contributed by atoms with Gasteiger partial charge in [-0.3, -0.25) is 9.11 Å². The molecule has 0 aromatic carbocycles. The molecule has 0 saturated heterocycles. The van der Waals surface area contributed by atoms with Crippen LogP contribution in [0.25, 0.3) is 0 Å². The molecule has 0 aliphatic carbocycles. The van der Waals surface area contributed by atoms with Crippen molar-refractivity contribution in [1.29, 1.82) is 0 Å². The Labute approximate surface area is 96.0 Å². The maximum absolute atomic E-state index is 8.74. The van der Waals surface area contributed by atoms with Crippen molar-refractivity contribution in [3.8, 4) is 0 Å². The van der Waals surface area contributed by atoms with Crippen LogP contribution < -0.4 is 51.4 Å². The molecule has 2 N–H and O–H groups in total. The molecule has 0 amide bonds. The summed E-state index contributed by atoms with van der Waals surface area (Å²) in [6, 6.07) is 0. The monoisotopic (exact) mass is 201 g/mol. The van der Waals surface area contributed by atoms with E-state index in [4.69, 9.17) is 17.5 Å². The van der Waals surface area contributed by atoms with Gasteiger partial charge in [0, 0.05) is 17.1 Å². The topological polar surface area (TPSA) is 74.6 Å². The van der Waals surface area contributed by atoms with Crippen LogP contribution in [0.3, 0.4) is 0 Å². The summed E-state index contributed by atoms with van der Waals surface area (Å²) in [7, 11) is -4.67. The van der Waals surface area contributed by atoms with Gasteiger partial charge in [-0.25, -0.2) is 0 Å². The average molecular weight is 202 g/mol. The summed E-state index contributed by atoms with van der Waals surface area (Å²) in [5.74, 6) is 0. The average Bonchev–Trinajstić information content (AvgIpc) is 0.722. The van der Waals surface area contributed by atoms with Crippen LogP contribution >= 0.6 is 0 Å². The SMILES string of the molecule is O=S(=O)(O)O.[Cu].[H-].[K+]. The van der Waals surface area contributed by atoms with Crippen LogP contribution in [0, 0.1) is 0 Å². The molecule has 0 saturated carbocycles. The molecule has 1 radical (unpaired) electrons. The van der Waals surface area contributed by atoms with Crippen LogP contribution in [0.1, 0.15) is 1.43 Å². The van der Waals surface area contributed by atoms with Gasteiger partial charge in [-0.2, -0.15) is 8.42 Å². The van der Waals surface area contributed by atoms with Gasteiger partial charge < -0.3 is 1.43 Å². The van der Waals surface area contributed by atoms with Crippen LogP contribution in [0.5, 0.6) is 0 Å². The van der Waals surface area contributed by atoms with Crippen molar-refractivity contribution in [2.24, 2.45) is 0 Å². The fourth-order valence-corrected chi connectivity index (χ4v) is 0. The predicted molar refractivity (Wildman–Crippen MR) is 15.3 cm³/mol. The second-order valence-corrected chi connectivity index (χ2v) is 1.34. The molecule has 0 rings (SSSR count). The van der Waals surface area contributed by atoms with E-state index in [0.29, 0.717) is 0 Å². The Morgan fingerprint density at radius 2 is 1.29 bits per heavy atom.